The predicted molar refractivity (Wildman–Crippen MR) is 84.5 cm³/mol. The summed E-state index contributed by atoms with van der Waals surface area (Å²) in [6, 6.07) is 3.54. The minimum atomic E-state index is -0.225. The molecular weight excluding hydrogens is 268 g/mol. The fraction of sp³-hybridized carbons (Fsp3) is 0.562. The van der Waals surface area contributed by atoms with Crippen molar-refractivity contribution in [2.75, 3.05) is 31.0 Å². The van der Waals surface area contributed by atoms with Gasteiger partial charge in [-0.2, -0.15) is 0 Å². The lowest BCUT2D eigenvalue weighted by atomic mass is 10.1. The number of methoxy groups -OCH3 is 2. The summed E-state index contributed by atoms with van der Waals surface area (Å²) in [5.74, 6) is 1.41. The molecule has 1 aromatic rings. The first-order valence-corrected chi connectivity index (χ1v) is 7.46. The molecule has 1 aliphatic rings. The quantitative estimate of drug-likeness (QED) is 0.819. The molecule has 0 saturated heterocycles. The van der Waals surface area contributed by atoms with Gasteiger partial charge in [-0.05, 0) is 13.3 Å². The van der Waals surface area contributed by atoms with E-state index in [0.717, 1.165) is 37.2 Å². The first kappa shape index (κ1) is 15.5. The highest BCUT2D eigenvalue weighted by molar-refractivity contribution is 6.05. The van der Waals surface area contributed by atoms with Crippen LogP contribution in [0.2, 0.25) is 0 Å². The van der Waals surface area contributed by atoms with Crippen molar-refractivity contribution >= 4 is 17.3 Å². The molecule has 1 N–H and O–H groups in total. The number of nitrogens with one attached hydrogen (secondary N) is 1. The van der Waals surface area contributed by atoms with E-state index in [2.05, 4.69) is 12.2 Å². The fourth-order valence-electron chi connectivity index (χ4n) is 2.61. The van der Waals surface area contributed by atoms with Crippen LogP contribution < -0.4 is 19.7 Å². The van der Waals surface area contributed by atoms with Crippen molar-refractivity contribution < 1.29 is 14.3 Å². The molecule has 0 aliphatic carbocycles. The molecule has 1 atom stereocenters. The van der Waals surface area contributed by atoms with Crippen molar-refractivity contribution in [1.29, 1.82) is 0 Å². The molecule has 0 radical (unpaired) electrons. The third-order valence-corrected chi connectivity index (χ3v) is 3.79. The first-order valence-electron chi connectivity index (χ1n) is 7.46. The molecule has 1 aromatic carbocycles. The topological polar surface area (TPSA) is 50.8 Å². The lowest BCUT2D eigenvalue weighted by molar-refractivity contribution is -0.119. The summed E-state index contributed by atoms with van der Waals surface area (Å²) in [4.78, 5) is 14.3. The van der Waals surface area contributed by atoms with Crippen molar-refractivity contribution in [2.45, 2.75) is 39.2 Å². The standard InChI is InChI=1S/C16H24N2O3/c1-5-6-7-8-18-13-10-15(21-4)14(20-3)9-12(13)17-11(2)16(18)19/h9-11,17H,5-8H2,1-4H3. The second-order valence-electron chi connectivity index (χ2n) is 5.29. The van der Waals surface area contributed by atoms with E-state index in [1.165, 1.54) is 0 Å². The van der Waals surface area contributed by atoms with Crippen molar-refractivity contribution in [1.82, 2.24) is 0 Å². The lowest BCUT2D eigenvalue weighted by Crippen LogP contribution is -2.46. The molecule has 0 spiro atoms. The predicted octanol–water partition coefficient (Wildman–Crippen LogP) is 3.04. The molecule has 0 aromatic heterocycles. The van der Waals surface area contributed by atoms with Gasteiger partial charge in [-0.15, -0.1) is 0 Å². The number of amides is 1. The number of hydrogen-bond acceptors (Lipinski definition) is 4. The second-order valence-corrected chi connectivity index (χ2v) is 5.29. The van der Waals surface area contributed by atoms with Gasteiger partial charge in [0.15, 0.2) is 11.5 Å². The Balaban J connectivity index is 2.37. The Labute approximate surface area is 126 Å². The summed E-state index contributed by atoms with van der Waals surface area (Å²) in [5, 5.41) is 3.23. The molecule has 1 amide bonds. The molecule has 0 saturated carbocycles. The van der Waals surface area contributed by atoms with E-state index in [0.29, 0.717) is 11.5 Å². The third kappa shape index (κ3) is 3.06. The van der Waals surface area contributed by atoms with Gasteiger partial charge < -0.3 is 19.7 Å². The Morgan fingerprint density at radius 1 is 1.19 bits per heavy atom. The average Bonchev–Trinajstić information content (AvgIpc) is 2.50. The molecular formula is C16H24N2O3. The number of carbonyl (C=O) groups excluding carboxylic acids is 1. The normalized spacial score (nSPS) is 17.2. The molecule has 1 heterocycles. The maximum atomic E-state index is 12.4. The van der Waals surface area contributed by atoms with Gasteiger partial charge in [-0.1, -0.05) is 19.8 Å². The van der Waals surface area contributed by atoms with Crippen LogP contribution >= 0.6 is 0 Å². The number of ether oxygens (including phenoxy) is 2. The Hall–Kier alpha value is -1.91. The summed E-state index contributed by atoms with van der Waals surface area (Å²) < 4.78 is 10.7. The van der Waals surface area contributed by atoms with Crippen LogP contribution in [0.4, 0.5) is 11.4 Å². The maximum Gasteiger partial charge on any atom is 0.249 e. The average molecular weight is 292 g/mol. The highest BCUT2D eigenvalue weighted by Crippen LogP contribution is 2.41. The number of hydrogen-bond donors (Lipinski definition) is 1. The summed E-state index contributed by atoms with van der Waals surface area (Å²) in [5.41, 5.74) is 1.78. The van der Waals surface area contributed by atoms with E-state index < -0.39 is 0 Å². The molecule has 116 valence electrons. The van der Waals surface area contributed by atoms with E-state index in [9.17, 15) is 4.79 Å². The smallest absolute Gasteiger partial charge is 0.249 e. The van der Waals surface area contributed by atoms with E-state index in [1.54, 1.807) is 14.2 Å². The van der Waals surface area contributed by atoms with Crippen molar-refractivity contribution in [2.24, 2.45) is 0 Å². The number of carbonyl (C=O) groups is 1. The first-order chi connectivity index (χ1) is 10.1. The van der Waals surface area contributed by atoms with Crippen molar-refractivity contribution in [3.8, 4) is 11.5 Å². The van der Waals surface area contributed by atoms with Crippen LogP contribution in [0.3, 0.4) is 0 Å². The summed E-state index contributed by atoms with van der Waals surface area (Å²) in [6.45, 7) is 4.78. The van der Waals surface area contributed by atoms with Gasteiger partial charge >= 0.3 is 0 Å². The van der Waals surface area contributed by atoms with E-state index >= 15 is 0 Å². The Kier molecular flexibility index (Phi) is 4.94. The summed E-state index contributed by atoms with van der Waals surface area (Å²) in [6.07, 6.45) is 3.26. The molecule has 5 nitrogen and oxygen atoms in total. The van der Waals surface area contributed by atoms with Crippen LogP contribution in [-0.2, 0) is 4.79 Å². The van der Waals surface area contributed by atoms with Crippen LogP contribution in [0.15, 0.2) is 12.1 Å². The minimum Gasteiger partial charge on any atom is -0.493 e. The van der Waals surface area contributed by atoms with Gasteiger partial charge in [-0.25, -0.2) is 0 Å². The zero-order valence-electron chi connectivity index (χ0n) is 13.2. The molecule has 21 heavy (non-hydrogen) atoms. The molecule has 1 aliphatic heterocycles. The van der Waals surface area contributed by atoms with Gasteiger partial charge in [0.1, 0.15) is 6.04 Å². The van der Waals surface area contributed by atoms with E-state index in [4.69, 9.17) is 9.47 Å². The molecule has 0 fully saturated rings. The Morgan fingerprint density at radius 3 is 2.48 bits per heavy atom. The van der Waals surface area contributed by atoms with Gasteiger partial charge in [0.2, 0.25) is 5.91 Å². The highest BCUT2D eigenvalue weighted by atomic mass is 16.5. The SMILES string of the molecule is CCCCCN1C(=O)C(C)Nc2cc(OC)c(OC)cc21. The van der Waals surface area contributed by atoms with Crippen LogP contribution in [0.25, 0.3) is 0 Å². The maximum absolute atomic E-state index is 12.4. The Bertz CT molecular complexity index is 516. The molecule has 5 heteroatoms. The zero-order valence-corrected chi connectivity index (χ0v) is 13.2. The van der Waals surface area contributed by atoms with Crippen molar-refractivity contribution in [3.05, 3.63) is 12.1 Å². The van der Waals surface area contributed by atoms with Crippen LogP contribution in [-0.4, -0.2) is 32.7 Å². The minimum absolute atomic E-state index is 0.103. The van der Waals surface area contributed by atoms with Crippen LogP contribution in [0.5, 0.6) is 11.5 Å². The van der Waals surface area contributed by atoms with Gasteiger partial charge in [-0.3, -0.25) is 4.79 Å². The molecule has 2 rings (SSSR count). The number of fused-ring (bicyclic) bond motifs is 1. The monoisotopic (exact) mass is 292 g/mol. The van der Waals surface area contributed by atoms with Gasteiger partial charge in [0.05, 0.1) is 25.6 Å². The van der Waals surface area contributed by atoms with Crippen molar-refractivity contribution in [3.63, 3.8) is 0 Å². The zero-order chi connectivity index (χ0) is 15.4. The summed E-state index contributed by atoms with van der Waals surface area (Å²) in [7, 11) is 3.22. The lowest BCUT2D eigenvalue weighted by Gasteiger charge is -2.34. The summed E-state index contributed by atoms with van der Waals surface area (Å²) >= 11 is 0. The third-order valence-electron chi connectivity index (χ3n) is 3.79. The van der Waals surface area contributed by atoms with Crippen LogP contribution in [0, 0.1) is 0 Å². The largest absolute Gasteiger partial charge is 0.493 e. The van der Waals surface area contributed by atoms with E-state index in [-0.39, 0.29) is 11.9 Å². The fourth-order valence-corrected chi connectivity index (χ4v) is 2.61. The van der Waals surface area contributed by atoms with Gasteiger partial charge in [0.25, 0.3) is 0 Å². The number of benzene rings is 1. The number of unbranched alkanes of at least 4 members (excludes halogenated alkanes) is 2. The van der Waals surface area contributed by atoms with E-state index in [1.807, 2.05) is 24.0 Å². The highest BCUT2D eigenvalue weighted by Gasteiger charge is 2.30. The number of nitrogens with zero attached hydrogens (tertiary/aromatic N) is 1. The molecule has 1 unspecified atom stereocenters. The molecule has 0 bridgehead atoms. The van der Waals surface area contributed by atoms with Crippen LogP contribution in [0.1, 0.15) is 33.1 Å². The number of rotatable bonds is 6. The second kappa shape index (κ2) is 6.70. The van der Waals surface area contributed by atoms with Gasteiger partial charge in [0, 0.05) is 18.7 Å². The Morgan fingerprint density at radius 2 is 1.86 bits per heavy atom. The number of anilines is 2.